The second-order valence-corrected chi connectivity index (χ2v) is 5.89. The third-order valence-corrected chi connectivity index (χ3v) is 4.12. The summed E-state index contributed by atoms with van der Waals surface area (Å²) in [5.41, 5.74) is 1.18. The van der Waals surface area contributed by atoms with E-state index in [1.54, 1.807) is 0 Å². The quantitative estimate of drug-likeness (QED) is 0.814. The number of likely N-dealkylation sites (tertiary alicyclic amines) is 1. The third kappa shape index (κ3) is 4.77. The van der Waals surface area contributed by atoms with E-state index in [2.05, 4.69) is 36.1 Å². The van der Waals surface area contributed by atoms with E-state index in [0.717, 1.165) is 12.3 Å². The molecule has 0 atom stereocenters. The highest BCUT2D eigenvalue weighted by Gasteiger charge is 2.20. The Morgan fingerprint density at radius 2 is 2.05 bits per heavy atom. The fourth-order valence-corrected chi connectivity index (χ4v) is 2.78. The molecule has 0 bridgehead atoms. The molecule has 0 aromatic heterocycles. The van der Waals surface area contributed by atoms with Gasteiger partial charge in [0.15, 0.2) is 0 Å². The van der Waals surface area contributed by atoms with E-state index in [-0.39, 0.29) is 0 Å². The van der Waals surface area contributed by atoms with Gasteiger partial charge in [-0.3, -0.25) is 0 Å². The largest absolute Gasteiger partial charge is 0.481 e. The number of benzene rings is 1. The second-order valence-electron chi connectivity index (χ2n) is 5.89. The number of piperidine rings is 1. The van der Waals surface area contributed by atoms with Crippen molar-refractivity contribution in [1.82, 2.24) is 10.2 Å². The summed E-state index contributed by atoms with van der Waals surface area (Å²) in [5.74, 6) is 3.41. The van der Waals surface area contributed by atoms with Crippen molar-refractivity contribution in [3.8, 4) is 18.1 Å². The first-order chi connectivity index (χ1) is 10.2. The Hall–Kier alpha value is -1.50. The van der Waals surface area contributed by atoms with Gasteiger partial charge in [-0.15, -0.1) is 6.42 Å². The van der Waals surface area contributed by atoms with Crippen LogP contribution in [0.15, 0.2) is 24.3 Å². The lowest BCUT2D eigenvalue weighted by Crippen LogP contribution is -2.44. The molecule has 0 spiro atoms. The van der Waals surface area contributed by atoms with E-state index >= 15 is 0 Å². The molecule has 2 rings (SSSR count). The highest BCUT2D eigenvalue weighted by molar-refractivity contribution is 5.33. The summed E-state index contributed by atoms with van der Waals surface area (Å²) in [4.78, 5) is 2.54. The summed E-state index contributed by atoms with van der Waals surface area (Å²) in [7, 11) is 0. The molecule has 3 heteroatoms. The van der Waals surface area contributed by atoms with Crippen LogP contribution in [0.5, 0.6) is 5.75 Å². The molecular weight excluding hydrogens is 260 g/mol. The molecule has 0 radical (unpaired) electrons. The summed E-state index contributed by atoms with van der Waals surface area (Å²) in [6, 6.07) is 9.36. The lowest BCUT2D eigenvalue weighted by Gasteiger charge is -2.35. The van der Waals surface area contributed by atoms with Crippen molar-refractivity contribution >= 4 is 0 Å². The number of nitrogens with zero attached hydrogens (tertiary/aromatic N) is 1. The fraction of sp³-hybridized carbons (Fsp3) is 0.556. The minimum absolute atomic E-state index is 0.323. The highest BCUT2D eigenvalue weighted by Crippen LogP contribution is 2.19. The molecule has 21 heavy (non-hydrogen) atoms. The lowest BCUT2D eigenvalue weighted by atomic mass is 10.0. The smallest absolute Gasteiger partial charge is 0.148 e. The van der Waals surface area contributed by atoms with Crippen molar-refractivity contribution in [3.63, 3.8) is 0 Å². The summed E-state index contributed by atoms with van der Waals surface area (Å²) < 4.78 is 5.59. The van der Waals surface area contributed by atoms with Gasteiger partial charge in [0.2, 0.25) is 0 Å². The summed E-state index contributed by atoms with van der Waals surface area (Å²) >= 11 is 0. The molecule has 1 aromatic carbocycles. The Morgan fingerprint density at radius 3 is 2.71 bits per heavy atom. The van der Waals surface area contributed by atoms with Gasteiger partial charge in [-0.05, 0) is 45.8 Å². The molecule has 0 aliphatic carbocycles. The molecule has 1 saturated heterocycles. The molecule has 1 heterocycles. The van der Waals surface area contributed by atoms with Crippen molar-refractivity contribution in [2.75, 3.05) is 19.7 Å². The van der Waals surface area contributed by atoms with Gasteiger partial charge < -0.3 is 15.0 Å². The van der Waals surface area contributed by atoms with Crippen LogP contribution in [0, 0.1) is 12.3 Å². The van der Waals surface area contributed by atoms with E-state index < -0.39 is 0 Å². The Bertz CT molecular complexity index is 470. The predicted octanol–water partition coefficient (Wildman–Crippen LogP) is 2.66. The van der Waals surface area contributed by atoms with Crippen LogP contribution in [0.3, 0.4) is 0 Å². The van der Waals surface area contributed by atoms with Gasteiger partial charge in [0.1, 0.15) is 12.4 Å². The normalized spacial score (nSPS) is 16.9. The minimum Gasteiger partial charge on any atom is -0.481 e. The summed E-state index contributed by atoms with van der Waals surface area (Å²) in [5, 5.41) is 3.66. The molecule has 3 nitrogen and oxygen atoms in total. The van der Waals surface area contributed by atoms with Crippen molar-refractivity contribution in [1.29, 1.82) is 0 Å². The molecule has 1 N–H and O–H groups in total. The lowest BCUT2D eigenvalue weighted by molar-refractivity contribution is 0.160. The summed E-state index contributed by atoms with van der Waals surface area (Å²) in [6.07, 6.45) is 7.69. The Labute approximate surface area is 128 Å². The zero-order valence-electron chi connectivity index (χ0n) is 13.1. The SMILES string of the molecule is C#CCOc1ccccc1CNC1CCN(C(C)C)CC1. The zero-order chi connectivity index (χ0) is 15.1. The van der Waals surface area contributed by atoms with E-state index in [1.807, 2.05) is 18.2 Å². The van der Waals surface area contributed by atoms with Crippen molar-refractivity contribution in [2.45, 2.75) is 45.3 Å². The zero-order valence-corrected chi connectivity index (χ0v) is 13.1. The van der Waals surface area contributed by atoms with Crippen molar-refractivity contribution in [3.05, 3.63) is 29.8 Å². The van der Waals surface area contributed by atoms with Gasteiger partial charge in [0.05, 0.1) is 0 Å². The van der Waals surface area contributed by atoms with Gasteiger partial charge in [-0.1, -0.05) is 24.1 Å². The Kier molecular flexibility index (Phi) is 6.10. The molecule has 1 aliphatic heterocycles. The second kappa shape index (κ2) is 8.07. The van der Waals surface area contributed by atoms with E-state index in [0.29, 0.717) is 18.7 Å². The van der Waals surface area contributed by atoms with Crippen LogP contribution >= 0.6 is 0 Å². The number of para-hydroxylation sites is 1. The van der Waals surface area contributed by atoms with Gasteiger partial charge in [0.25, 0.3) is 0 Å². The summed E-state index contributed by atoms with van der Waals surface area (Å²) in [6.45, 7) is 8.08. The van der Waals surface area contributed by atoms with E-state index in [4.69, 9.17) is 11.2 Å². The highest BCUT2D eigenvalue weighted by atomic mass is 16.5. The first-order valence-electron chi connectivity index (χ1n) is 7.82. The molecule has 1 fully saturated rings. The number of terminal acetylenes is 1. The maximum atomic E-state index is 5.59. The van der Waals surface area contributed by atoms with Crippen LogP contribution in [-0.4, -0.2) is 36.7 Å². The van der Waals surface area contributed by atoms with Crippen LogP contribution in [0.4, 0.5) is 0 Å². The molecule has 1 aliphatic rings. The number of ether oxygens (including phenoxy) is 1. The topological polar surface area (TPSA) is 24.5 Å². The van der Waals surface area contributed by atoms with Crippen molar-refractivity contribution in [2.24, 2.45) is 0 Å². The number of nitrogens with one attached hydrogen (secondary N) is 1. The standard InChI is InChI=1S/C18H26N2O/c1-4-13-21-18-8-6-5-7-16(18)14-19-17-9-11-20(12-10-17)15(2)3/h1,5-8,15,17,19H,9-14H2,2-3H3. The van der Waals surface area contributed by atoms with Crippen LogP contribution in [-0.2, 0) is 6.54 Å². The van der Waals surface area contributed by atoms with E-state index in [9.17, 15) is 0 Å². The Morgan fingerprint density at radius 1 is 1.33 bits per heavy atom. The fourth-order valence-electron chi connectivity index (χ4n) is 2.78. The van der Waals surface area contributed by atoms with Gasteiger partial charge >= 0.3 is 0 Å². The third-order valence-electron chi connectivity index (χ3n) is 4.12. The molecule has 1 aromatic rings. The molecule has 0 amide bonds. The van der Waals surface area contributed by atoms with Gasteiger partial charge in [-0.25, -0.2) is 0 Å². The van der Waals surface area contributed by atoms with Crippen LogP contribution in [0.25, 0.3) is 0 Å². The molecule has 0 unspecified atom stereocenters. The van der Waals surface area contributed by atoms with E-state index in [1.165, 1.54) is 31.5 Å². The number of hydrogen-bond donors (Lipinski definition) is 1. The van der Waals surface area contributed by atoms with Crippen LogP contribution < -0.4 is 10.1 Å². The maximum Gasteiger partial charge on any atom is 0.148 e. The van der Waals surface area contributed by atoms with Crippen molar-refractivity contribution < 1.29 is 4.74 Å². The van der Waals surface area contributed by atoms with Gasteiger partial charge in [-0.2, -0.15) is 0 Å². The Balaban J connectivity index is 1.82. The monoisotopic (exact) mass is 286 g/mol. The number of hydrogen-bond acceptors (Lipinski definition) is 3. The molecule has 114 valence electrons. The maximum absolute atomic E-state index is 5.59. The van der Waals surface area contributed by atoms with Crippen LogP contribution in [0.1, 0.15) is 32.3 Å². The first-order valence-corrected chi connectivity index (χ1v) is 7.82. The predicted molar refractivity (Wildman–Crippen MR) is 87.3 cm³/mol. The van der Waals surface area contributed by atoms with Gasteiger partial charge in [0, 0.05) is 24.2 Å². The molecular formula is C18H26N2O. The minimum atomic E-state index is 0.323. The average Bonchev–Trinajstić information content (AvgIpc) is 2.52. The number of rotatable bonds is 6. The molecule has 0 saturated carbocycles. The van der Waals surface area contributed by atoms with Crippen LogP contribution in [0.2, 0.25) is 0 Å². The average molecular weight is 286 g/mol. The first kappa shape index (κ1) is 15.9.